The molecule has 7 heteroatoms. The van der Waals surface area contributed by atoms with Gasteiger partial charge in [-0.1, -0.05) is 12.1 Å². The first-order valence-corrected chi connectivity index (χ1v) is 7.38. The summed E-state index contributed by atoms with van der Waals surface area (Å²) in [5, 5.41) is 0. The highest BCUT2D eigenvalue weighted by molar-refractivity contribution is 5.96. The second-order valence-electron chi connectivity index (χ2n) is 5.84. The van der Waals surface area contributed by atoms with Crippen molar-refractivity contribution in [2.75, 3.05) is 27.2 Å². The molecule has 1 aliphatic rings. The summed E-state index contributed by atoms with van der Waals surface area (Å²) in [6.45, 7) is 0.574. The number of nitrogens with zero attached hydrogens (tertiary/aromatic N) is 2. The summed E-state index contributed by atoms with van der Waals surface area (Å²) in [5.41, 5.74) is -1.26. The Labute approximate surface area is 132 Å². The number of halogens is 3. The van der Waals surface area contributed by atoms with Crippen LogP contribution >= 0.6 is 0 Å². The SMILES string of the molecule is CN(C)C(=O)C1CCN(C(=O)c2ccccc2C(F)(F)F)CC1. The van der Waals surface area contributed by atoms with Gasteiger partial charge in [-0.15, -0.1) is 0 Å². The van der Waals surface area contributed by atoms with Gasteiger partial charge in [0, 0.05) is 33.1 Å². The molecule has 2 rings (SSSR count). The summed E-state index contributed by atoms with van der Waals surface area (Å²) < 4.78 is 39.0. The molecule has 1 saturated heterocycles. The van der Waals surface area contributed by atoms with Gasteiger partial charge in [-0.05, 0) is 25.0 Å². The highest BCUT2D eigenvalue weighted by atomic mass is 19.4. The predicted octanol–water partition coefficient (Wildman–Crippen LogP) is 2.65. The van der Waals surface area contributed by atoms with Crippen LogP contribution < -0.4 is 0 Å². The minimum atomic E-state index is -4.56. The number of benzene rings is 1. The molecule has 1 fully saturated rings. The Morgan fingerprint density at radius 2 is 1.70 bits per heavy atom. The zero-order chi connectivity index (χ0) is 17.2. The number of hydrogen-bond donors (Lipinski definition) is 0. The molecular formula is C16H19F3N2O2. The van der Waals surface area contributed by atoms with E-state index < -0.39 is 17.6 Å². The van der Waals surface area contributed by atoms with Crippen molar-refractivity contribution in [3.63, 3.8) is 0 Å². The fourth-order valence-corrected chi connectivity index (χ4v) is 2.78. The molecule has 1 aromatic carbocycles. The summed E-state index contributed by atoms with van der Waals surface area (Å²) in [4.78, 5) is 27.2. The van der Waals surface area contributed by atoms with Crippen molar-refractivity contribution in [2.24, 2.45) is 5.92 Å². The van der Waals surface area contributed by atoms with E-state index in [0.29, 0.717) is 12.8 Å². The van der Waals surface area contributed by atoms with Crippen LogP contribution in [-0.4, -0.2) is 48.8 Å². The maximum Gasteiger partial charge on any atom is 0.417 e. The molecule has 0 radical (unpaired) electrons. The summed E-state index contributed by atoms with van der Waals surface area (Å²) in [7, 11) is 3.33. The van der Waals surface area contributed by atoms with Crippen molar-refractivity contribution < 1.29 is 22.8 Å². The van der Waals surface area contributed by atoms with Crippen LogP contribution in [0.15, 0.2) is 24.3 Å². The van der Waals surface area contributed by atoms with E-state index in [1.165, 1.54) is 28.0 Å². The molecule has 1 aromatic rings. The molecule has 0 N–H and O–H groups in total. The molecule has 23 heavy (non-hydrogen) atoms. The van der Waals surface area contributed by atoms with Crippen molar-refractivity contribution in [1.82, 2.24) is 9.80 Å². The van der Waals surface area contributed by atoms with Gasteiger partial charge < -0.3 is 9.80 Å². The summed E-state index contributed by atoms with van der Waals surface area (Å²) >= 11 is 0. The zero-order valence-electron chi connectivity index (χ0n) is 13.1. The van der Waals surface area contributed by atoms with Gasteiger partial charge in [-0.2, -0.15) is 13.2 Å². The van der Waals surface area contributed by atoms with Crippen LogP contribution in [0.3, 0.4) is 0 Å². The lowest BCUT2D eigenvalue weighted by molar-refractivity contribution is -0.138. The molecule has 0 atom stereocenters. The molecule has 0 spiro atoms. The van der Waals surface area contributed by atoms with Crippen LogP contribution in [0.2, 0.25) is 0 Å². The Kier molecular flexibility index (Phi) is 4.97. The molecule has 0 aliphatic carbocycles. The minimum absolute atomic E-state index is 0.00668. The Morgan fingerprint density at radius 1 is 1.13 bits per heavy atom. The van der Waals surface area contributed by atoms with Crippen molar-refractivity contribution in [3.8, 4) is 0 Å². The average molecular weight is 328 g/mol. The topological polar surface area (TPSA) is 40.6 Å². The van der Waals surface area contributed by atoms with Gasteiger partial charge in [-0.25, -0.2) is 0 Å². The largest absolute Gasteiger partial charge is 0.417 e. The summed E-state index contributed by atoms with van der Waals surface area (Å²) in [6.07, 6.45) is -3.63. The van der Waals surface area contributed by atoms with Gasteiger partial charge in [0.1, 0.15) is 0 Å². The molecule has 0 saturated carbocycles. The van der Waals surface area contributed by atoms with Crippen LogP contribution in [-0.2, 0) is 11.0 Å². The van der Waals surface area contributed by atoms with E-state index in [9.17, 15) is 22.8 Å². The van der Waals surface area contributed by atoms with E-state index in [4.69, 9.17) is 0 Å². The van der Waals surface area contributed by atoms with E-state index in [1.807, 2.05) is 0 Å². The third kappa shape index (κ3) is 3.83. The molecule has 4 nitrogen and oxygen atoms in total. The standard InChI is InChI=1S/C16H19F3N2O2/c1-20(2)14(22)11-7-9-21(10-8-11)15(23)12-5-3-4-6-13(12)16(17,18)19/h3-6,11H,7-10H2,1-2H3. The predicted molar refractivity (Wildman–Crippen MR) is 78.8 cm³/mol. The highest BCUT2D eigenvalue weighted by Gasteiger charge is 2.37. The van der Waals surface area contributed by atoms with Gasteiger partial charge in [0.15, 0.2) is 0 Å². The van der Waals surface area contributed by atoms with E-state index in [0.717, 1.165) is 6.07 Å². The van der Waals surface area contributed by atoms with Crippen molar-refractivity contribution >= 4 is 11.8 Å². The van der Waals surface area contributed by atoms with Crippen molar-refractivity contribution in [1.29, 1.82) is 0 Å². The lowest BCUT2D eigenvalue weighted by Gasteiger charge is -2.33. The fourth-order valence-electron chi connectivity index (χ4n) is 2.78. The molecule has 126 valence electrons. The normalized spacial score (nSPS) is 16.3. The molecule has 0 bridgehead atoms. The molecule has 1 heterocycles. The van der Waals surface area contributed by atoms with E-state index in [2.05, 4.69) is 0 Å². The molecule has 0 aromatic heterocycles. The van der Waals surface area contributed by atoms with Gasteiger partial charge >= 0.3 is 6.18 Å². The molecule has 1 aliphatic heterocycles. The number of alkyl halides is 3. The first-order chi connectivity index (χ1) is 10.7. The van der Waals surface area contributed by atoms with Gasteiger partial charge in [0.05, 0.1) is 11.1 Å². The van der Waals surface area contributed by atoms with Gasteiger partial charge in [0.25, 0.3) is 5.91 Å². The summed E-state index contributed by atoms with van der Waals surface area (Å²) in [6, 6.07) is 4.80. The maximum atomic E-state index is 13.0. The number of likely N-dealkylation sites (tertiary alicyclic amines) is 1. The number of rotatable bonds is 2. The third-order valence-electron chi connectivity index (χ3n) is 4.04. The first-order valence-electron chi connectivity index (χ1n) is 7.38. The number of hydrogen-bond acceptors (Lipinski definition) is 2. The van der Waals surface area contributed by atoms with Crippen LogP contribution in [0, 0.1) is 5.92 Å². The Bertz CT molecular complexity index is 591. The van der Waals surface area contributed by atoms with Crippen LogP contribution in [0.25, 0.3) is 0 Å². The smallest absolute Gasteiger partial charge is 0.349 e. The highest BCUT2D eigenvalue weighted by Crippen LogP contribution is 2.33. The Hall–Kier alpha value is -2.05. The van der Waals surface area contributed by atoms with Crippen LogP contribution in [0.4, 0.5) is 13.2 Å². The molecular weight excluding hydrogens is 309 g/mol. The maximum absolute atomic E-state index is 13.0. The van der Waals surface area contributed by atoms with Crippen LogP contribution in [0.1, 0.15) is 28.8 Å². The first kappa shape index (κ1) is 17.3. The van der Waals surface area contributed by atoms with Gasteiger partial charge in [0.2, 0.25) is 5.91 Å². The number of piperidine rings is 1. The fraction of sp³-hybridized carbons (Fsp3) is 0.500. The monoisotopic (exact) mass is 328 g/mol. The summed E-state index contributed by atoms with van der Waals surface area (Å²) in [5.74, 6) is -0.812. The molecule has 0 unspecified atom stereocenters. The zero-order valence-corrected chi connectivity index (χ0v) is 13.1. The van der Waals surface area contributed by atoms with E-state index in [1.54, 1.807) is 14.1 Å². The Balaban J connectivity index is 2.11. The second-order valence-corrected chi connectivity index (χ2v) is 5.84. The lowest BCUT2D eigenvalue weighted by atomic mass is 9.94. The minimum Gasteiger partial charge on any atom is -0.349 e. The quantitative estimate of drug-likeness (QED) is 0.837. The number of carbonyl (C=O) groups excluding carboxylic acids is 2. The number of carbonyl (C=O) groups is 2. The van der Waals surface area contributed by atoms with Gasteiger partial charge in [-0.3, -0.25) is 9.59 Å². The molecule has 2 amide bonds. The van der Waals surface area contributed by atoms with E-state index in [-0.39, 0.29) is 30.5 Å². The number of amides is 2. The van der Waals surface area contributed by atoms with Crippen molar-refractivity contribution in [2.45, 2.75) is 19.0 Å². The van der Waals surface area contributed by atoms with Crippen LogP contribution in [0.5, 0.6) is 0 Å². The lowest BCUT2D eigenvalue weighted by Crippen LogP contribution is -2.43. The second kappa shape index (κ2) is 6.60. The Morgan fingerprint density at radius 3 is 2.22 bits per heavy atom. The third-order valence-corrected chi connectivity index (χ3v) is 4.04. The van der Waals surface area contributed by atoms with Crippen molar-refractivity contribution in [3.05, 3.63) is 35.4 Å². The average Bonchev–Trinajstić information content (AvgIpc) is 2.52. The van der Waals surface area contributed by atoms with E-state index >= 15 is 0 Å².